The van der Waals surface area contributed by atoms with Gasteiger partial charge in [0.25, 0.3) is 0 Å². The molecular formula is C13H19N5O2S. The highest BCUT2D eigenvalue weighted by atomic mass is 32.2. The molecule has 114 valence electrons. The molecule has 21 heavy (non-hydrogen) atoms. The summed E-state index contributed by atoms with van der Waals surface area (Å²) in [5, 5.41) is 14.1. The molecule has 7 nitrogen and oxygen atoms in total. The molecule has 2 fully saturated rings. The molecule has 3 amide bonds. The lowest BCUT2D eigenvalue weighted by molar-refractivity contribution is -0.119. The number of amides is 3. The molecule has 0 unspecified atom stereocenters. The van der Waals surface area contributed by atoms with Crippen LogP contribution in [0.25, 0.3) is 0 Å². The minimum atomic E-state index is -0.470. The average molecular weight is 309 g/mol. The summed E-state index contributed by atoms with van der Waals surface area (Å²) in [5.41, 5.74) is 0. The third-order valence-electron chi connectivity index (χ3n) is 3.59. The first-order valence-electron chi connectivity index (χ1n) is 7.28. The van der Waals surface area contributed by atoms with Gasteiger partial charge in [-0.25, -0.2) is 4.79 Å². The van der Waals surface area contributed by atoms with E-state index in [0.717, 1.165) is 11.0 Å². The van der Waals surface area contributed by atoms with Crippen LogP contribution in [0.15, 0.2) is 5.16 Å². The van der Waals surface area contributed by atoms with Crippen LogP contribution in [-0.4, -0.2) is 39.5 Å². The van der Waals surface area contributed by atoms with Gasteiger partial charge in [-0.15, -0.1) is 10.2 Å². The smallest absolute Gasteiger partial charge is 0.321 e. The van der Waals surface area contributed by atoms with E-state index in [1.807, 2.05) is 0 Å². The van der Waals surface area contributed by atoms with Gasteiger partial charge in [0.15, 0.2) is 5.16 Å². The molecule has 1 aromatic rings. The lowest BCUT2D eigenvalue weighted by atomic mass is 10.4. The van der Waals surface area contributed by atoms with Crippen LogP contribution in [0.3, 0.4) is 0 Å². The molecule has 8 heteroatoms. The lowest BCUT2D eigenvalue weighted by Gasteiger charge is -2.08. The highest BCUT2D eigenvalue weighted by molar-refractivity contribution is 7.99. The molecule has 2 aliphatic carbocycles. The van der Waals surface area contributed by atoms with Crippen molar-refractivity contribution >= 4 is 23.7 Å². The second-order valence-electron chi connectivity index (χ2n) is 5.44. The normalized spacial score (nSPS) is 17.6. The Hall–Kier alpha value is -1.57. The highest BCUT2D eigenvalue weighted by Crippen LogP contribution is 2.45. The Balaban J connectivity index is 1.53. The second kappa shape index (κ2) is 6.05. The van der Waals surface area contributed by atoms with E-state index in [4.69, 9.17) is 0 Å². The molecule has 0 aliphatic heterocycles. The van der Waals surface area contributed by atoms with Crippen molar-refractivity contribution in [3.05, 3.63) is 5.82 Å². The Kier molecular flexibility index (Phi) is 4.14. The highest BCUT2D eigenvalue weighted by Gasteiger charge is 2.36. The number of carbonyl (C=O) groups excluding carboxylic acids is 2. The maximum Gasteiger partial charge on any atom is 0.321 e. The largest absolute Gasteiger partial charge is 0.341 e. The third-order valence-corrected chi connectivity index (χ3v) is 4.53. The van der Waals surface area contributed by atoms with Crippen molar-refractivity contribution in [2.45, 2.75) is 49.2 Å². The molecule has 2 N–H and O–H groups in total. The van der Waals surface area contributed by atoms with Crippen molar-refractivity contribution in [3.63, 3.8) is 0 Å². The van der Waals surface area contributed by atoms with Crippen LogP contribution in [0, 0.1) is 0 Å². The van der Waals surface area contributed by atoms with Crippen LogP contribution in [0.1, 0.15) is 49.9 Å². The first-order chi connectivity index (χ1) is 10.2. The number of imide groups is 1. The zero-order chi connectivity index (χ0) is 14.8. The number of carbonyl (C=O) groups is 2. The number of rotatable bonds is 6. The van der Waals surface area contributed by atoms with Crippen molar-refractivity contribution in [3.8, 4) is 0 Å². The summed E-state index contributed by atoms with van der Waals surface area (Å²) >= 11 is 1.54. The minimum Gasteiger partial charge on any atom is -0.341 e. The predicted molar refractivity (Wildman–Crippen MR) is 78.2 cm³/mol. The van der Waals surface area contributed by atoms with Crippen LogP contribution in [0.2, 0.25) is 0 Å². The summed E-state index contributed by atoms with van der Waals surface area (Å²) in [6.07, 6.45) is 5.10. The Morgan fingerprint density at radius 1 is 1.29 bits per heavy atom. The van der Waals surface area contributed by atoms with Gasteiger partial charge in [-0.2, -0.15) is 0 Å². The van der Waals surface area contributed by atoms with Crippen molar-refractivity contribution in [2.75, 3.05) is 12.8 Å². The molecule has 1 aromatic heterocycles. The van der Waals surface area contributed by atoms with Crippen LogP contribution >= 0.6 is 11.8 Å². The minimum absolute atomic E-state index is 0.276. The van der Waals surface area contributed by atoms with Crippen molar-refractivity contribution < 1.29 is 9.59 Å². The van der Waals surface area contributed by atoms with Gasteiger partial charge < -0.3 is 9.88 Å². The SMILES string of the molecule is CNC(=O)NC(=O)CCSc1nnc(C2CC2)n1C1CC1. The van der Waals surface area contributed by atoms with E-state index in [2.05, 4.69) is 25.4 Å². The Morgan fingerprint density at radius 3 is 2.67 bits per heavy atom. The van der Waals surface area contributed by atoms with E-state index in [0.29, 0.717) is 17.7 Å². The number of nitrogens with one attached hydrogen (secondary N) is 2. The van der Waals surface area contributed by atoms with Crippen molar-refractivity contribution in [2.24, 2.45) is 0 Å². The quantitative estimate of drug-likeness (QED) is 0.776. The van der Waals surface area contributed by atoms with Gasteiger partial charge in [-0.3, -0.25) is 10.1 Å². The molecule has 2 aliphatic rings. The number of aromatic nitrogens is 3. The monoisotopic (exact) mass is 309 g/mol. The Labute approximate surface area is 127 Å². The van der Waals surface area contributed by atoms with Gasteiger partial charge in [0.05, 0.1) is 0 Å². The number of hydrogen-bond acceptors (Lipinski definition) is 5. The molecule has 1 heterocycles. The predicted octanol–water partition coefficient (Wildman–Crippen LogP) is 1.43. The van der Waals surface area contributed by atoms with E-state index in [9.17, 15) is 9.59 Å². The van der Waals surface area contributed by atoms with Gasteiger partial charge in [0.2, 0.25) is 5.91 Å². The molecule has 0 bridgehead atoms. The maximum absolute atomic E-state index is 11.5. The van der Waals surface area contributed by atoms with E-state index in [-0.39, 0.29) is 12.3 Å². The molecule has 3 rings (SSSR count). The molecule has 0 spiro atoms. The standard InChI is InChI=1S/C13H19N5O2S/c1-14-12(20)15-10(19)6-7-21-13-17-16-11(8-2-3-8)18(13)9-4-5-9/h8-9H,2-7H2,1H3,(H2,14,15,19,20). The fourth-order valence-corrected chi connectivity index (χ4v) is 3.12. The summed E-state index contributed by atoms with van der Waals surface area (Å²) in [6, 6.07) is 0.0833. The summed E-state index contributed by atoms with van der Waals surface area (Å²) in [5.74, 6) is 2.03. The van der Waals surface area contributed by atoms with Crippen molar-refractivity contribution in [1.82, 2.24) is 25.4 Å². The molecule has 0 aromatic carbocycles. The Bertz CT molecular complexity index is 551. The van der Waals surface area contributed by atoms with E-state index in [1.54, 1.807) is 11.8 Å². The summed E-state index contributed by atoms with van der Waals surface area (Å²) in [6.45, 7) is 0. The van der Waals surface area contributed by atoms with Gasteiger partial charge in [-0.05, 0) is 25.7 Å². The summed E-state index contributed by atoms with van der Waals surface area (Å²) in [4.78, 5) is 22.5. The molecular weight excluding hydrogens is 290 g/mol. The number of hydrogen-bond donors (Lipinski definition) is 2. The fraction of sp³-hybridized carbons (Fsp3) is 0.692. The lowest BCUT2D eigenvalue weighted by Crippen LogP contribution is -2.37. The van der Waals surface area contributed by atoms with Gasteiger partial charge in [-0.1, -0.05) is 11.8 Å². The number of urea groups is 1. The van der Waals surface area contributed by atoms with Gasteiger partial charge in [0.1, 0.15) is 5.82 Å². The molecule has 2 saturated carbocycles. The average Bonchev–Trinajstić information content (AvgIpc) is 3.38. The second-order valence-corrected chi connectivity index (χ2v) is 6.50. The van der Waals surface area contributed by atoms with Crippen LogP contribution in [-0.2, 0) is 4.79 Å². The fourth-order valence-electron chi connectivity index (χ4n) is 2.17. The molecule has 0 atom stereocenters. The Morgan fingerprint density at radius 2 is 2.05 bits per heavy atom. The van der Waals surface area contributed by atoms with E-state index in [1.165, 1.54) is 32.7 Å². The topological polar surface area (TPSA) is 88.9 Å². The maximum atomic E-state index is 11.5. The van der Waals surface area contributed by atoms with Gasteiger partial charge in [0, 0.05) is 31.2 Å². The number of thioether (sulfide) groups is 1. The number of nitrogens with zero attached hydrogens (tertiary/aromatic N) is 3. The molecule has 0 saturated heterocycles. The first-order valence-corrected chi connectivity index (χ1v) is 8.26. The zero-order valence-electron chi connectivity index (χ0n) is 12.0. The third kappa shape index (κ3) is 3.55. The van der Waals surface area contributed by atoms with Crippen LogP contribution in [0.4, 0.5) is 4.79 Å². The van der Waals surface area contributed by atoms with E-state index < -0.39 is 6.03 Å². The van der Waals surface area contributed by atoms with E-state index >= 15 is 0 Å². The van der Waals surface area contributed by atoms with Crippen LogP contribution < -0.4 is 10.6 Å². The summed E-state index contributed by atoms with van der Waals surface area (Å²) < 4.78 is 2.26. The first kappa shape index (κ1) is 14.4. The molecule has 0 radical (unpaired) electrons. The zero-order valence-corrected chi connectivity index (χ0v) is 12.8. The van der Waals surface area contributed by atoms with Crippen LogP contribution in [0.5, 0.6) is 0 Å². The summed E-state index contributed by atoms with van der Waals surface area (Å²) in [7, 11) is 1.48. The van der Waals surface area contributed by atoms with Crippen molar-refractivity contribution in [1.29, 1.82) is 0 Å². The van der Waals surface area contributed by atoms with Gasteiger partial charge >= 0.3 is 6.03 Å².